The first-order valence-corrected chi connectivity index (χ1v) is 6.86. The molecule has 0 radical (unpaired) electrons. The number of methoxy groups -OCH3 is 1. The quantitative estimate of drug-likeness (QED) is 0.873. The molecule has 0 saturated heterocycles. The van der Waals surface area contributed by atoms with Crippen LogP contribution in [-0.4, -0.2) is 33.7 Å². The third-order valence-electron chi connectivity index (χ3n) is 3.84. The van der Waals surface area contributed by atoms with Crippen molar-refractivity contribution < 1.29 is 19.4 Å². The Bertz CT molecular complexity index is 731. The Labute approximate surface area is 121 Å². The number of ether oxygens (including phenoxy) is 1. The molecule has 1 unspecified atom stereocenters. The smallest absolute Gasteiger partial charge is 0.335 e. The summed E-state index contributed by atoms with van der Waals surface area (Å²) in [5, 5.41) is 9.14. The van der Waals surface area contributed by atoms with E-state index in [4.69, 9.17) is 9.84 Å². The number of fused-ring (bicyclic) bond motifs is 1. The minimum absolute atomic E-state index is 0.183. The molecule has 1 fully saturated rings. The molecule has 1 aromatic heterocycles. The van der Waals surface area contributed by atoms with Crippen LogP contribution in [0, 0.1) is 0 Å². The maximum Gasteiger partial charge on any atom is 0.335 e. The van der Waals surface area contributed by atoms with E-state index in [0.29, 0.717) is 17.0 Å². The van der Waals surface area contributed by atoms with Gasteiger partial charge < -0.3 is 14.4 Å². The number of hydrogen-bond donors (Lipinski definition) is 1. The van der Waals surface area contributed by atoms with Crippen molar-refractivity contribution >= 4 is 23.0 Å². The Morgan fingerprint density at radius 1 is 1.43 bits per heavy atom. The van der Waals surface area contributed by atoms with Crippen LogP contribution in [0.4, 0.5) is 0 Å². The molecule has 2 aromatic rings. The van der Waals surface area contributed by atoms with Gasteiger partial charge in [0, 0.05) is 5.92 Å². The van der Waals surface area contributed by atoms with Gasteiger partial charge in [0.1, 0.15) is 11.9 Å². The average molecular weight is 288 g/mol. The van der Waals surface area contributed by atoms with E-state index in [1.165, 1.54) is 13.2 Å². The van der Waals surface area contributed by atoms with Gasteiger partial charge in [-0.1, -0.05) is 0 Å². The molecule has 6 nitrogen and oxygen atoms in total. The largest absolute Gasteiger partial charge is 0.478 e. The summed E-state index contributed by atoms with van der Waals surface area (Å²) in [4.78, 5) is 27.6. The first-order valence-electron chi connectivity index (χ1n) is 6.86. The molecule has 3 rings (SSSR count). The zero-order valence-corrected chi connectivity index (χ0v) is 11.9. The van der Waals surface area contributed by atoms with Crippen molar-refractivity contribution in [2.45, 2.75) is 31.7 Å². The zero-order valence-electron chi connectivity index (χ0n) is 11.9. The highest BCUT2D eigenvalue weighted by Crippen LogP contribution is 2.42. The summed E-state index contributed by atoms with van der Waals surface area (Å²) in [5.41, 5.74) is 1.55. The van der Waals surface area contributed by atoms with Gasteiger partial charge in [0.25, 0.3) is 0 Å². The van der Waals surface area contributed by atoms with Gasteiger partial charge in [-0.2, -0.15) is 0 Å². The lowest BCUT2D eigenvalue weighted by molar-refractivity contribution is -0.143. The number of hydrogen-bond acceptors (Lipinski definition) is 4. The molecule has 1 heterocycles. The molecule has 1 aromatic carbocycles. The molecule has 1 atom stereocenters. The predicted octanol–water partition coefficient (Wildman–Crippen LogP) is 2.35. The molecule has 0 bridgehead atoms. The van der Waals surface area contributed by atoms with E-state index in [0.717, 1.165) is 18.7 Å². The van der Waals surface area contributed by atoms with Gasteiger partial charge >= 0.3 is 11.9 Å². The average Bonchev–Trinajstić information content (AvgIpc) is 3.25. The van der Waals surface area contributed by atoms with Crippen LogP contribution in [0.5, 0.6) is 0 Å². The van der Waals surface area contributed by atoms with E-state index in [9.17, 15) is 9.59 Å². The van der Waals surface area contributed by atoms with Crippen LogP contribution in [0.2, 0.25) is 0 Å². The van der Waals surface area contributed by atoms with E-state index in [-0.39, 0.29) is 11.5 Å². The Hall–Kier alpha value is -2.37. The third kappa shape index (κ3) is 2.26. The Balaban J connectivity index is 2.21. The number of imidazole rings is 1. The molecule has 6 heteroatoms. The lowest BCUT2D eigenvalue weighted by Gasteiger charge is -2.15. The number of carbonyl (C=O) groups is 2. The van der Waals surface area contributed by atoms with Crippen LogP contribution >= 0.6 is 0 Å². The molecule has 0 spiro atoms. The summed E-state index contributed by atoms with van der Waals surface area (Å²) in [6, 6.07) is 4.25. The Kier molecular flexibility index (Phi) is 3.16. The highest BCUT2D eigenvalue weighted by atomic mass is 16.5. The summed E-state index contributed by atoms with van der Waals surface area (Å²) in [5.74, 6) is -0.177. The van der Waals surface area contributed by atoms with Gasteiger partial charge in [-0.05, 0) is 38.0 Å². The molecule has 21 heavy (non-hydrogen) atoms. The number of benzene rings is 1. The van der Waals surface area contributed by atoms with Gasteiger partial charge in [0.15, 0.2) is 0 Å². The highest BCUT2D eigenvalue weighted by molar-refractivity contribution is 5.93. The fraction of sp³-hybridized carbons (Fsp3) is 0.400. The molecule has 110 valence electrons. The van der Waals surface area contributed by atoms with E-state index in [2.05, 4.69) is 4.98 Å². The standard InChI is InChI=1S/C15H16N2O4/c1-8(15(20)21-2)17-12-7-10(14(18)19)5-6-11(12)16-13(17)9-3-4-9/h5-9H,3-4H2,1-2H3,(H,18,19). The first-order chi connectivity index (χ1) is 10.0. The van der Waals surface area contributed by atoms with Crippen LogP contribution in [0.25, 0.3) is 11.0 Å². The Morgan fingerprint density at radius 2 is 2.14 bits per heavy atom. The molecule has 1 aliphatic rings. The molecular formula is C15H16N2O4. The van der Waals surface area contributed by atoms with Crippen molar-refractivity contribution in [3.8, 4) is 0 Å². The number of carbonyl (C=O) groups excluding carboxylic acids is 1. The lowest BCUT2D eigenvalue weighted by Crippen LogP contribution is -2.19. The fourth-order valence-electron chi connectivity index (χ4n) is 2.56. The van der Waals surface area contributed by atoms with E-state index in [1.807, 2.05) is 4.57 Å². The second-order valence-corrected chi connectivity index (χ2v) is 5.32. The number of esters is 1. The lowest BCUT2D eigenvalue weighted by atomic mass is 10.2. The normalized spacial score (nSPS) is 15.9. The number of carboxylic acid groups (broad SMARTS) is 1. The van der Waals surface area contributed by atoms with E-state index < -0.39 is 12.0 Å². The van der Waals surface area contributed by atoms with Gasteiger partial charge in [0.05, 0.1) is 23.7 Å². The SMILES string of the molecule is COC(=O)C(C)n1c(C2CC2)nc2ccc(C(=O)O)cc21. The molecule has 0 amide bonds. The van der Waals surface area contributed by atoms with Crippen LogP contribution in [0.1, 0.15) is 47.9 Å². The van der Waals surface area contributed by atoms with Crippen molar-refractivity contribution in [3.63, 3.8) is 0 Å². The monoisotopic (exact) mass is 288 g/mol. The van der Waals surface area contributed by atoms with Crippen molar-refractivity contribution in [2.24, 2.45) is 0 Å². The van der Waals surface area contributed by atoms with Crippen LogP contribution in [0.3, 0.4) is 0 Å². The van der Waals surface area contributed by atoms with Gasteiger partial charge in [-0.15, -0.1) is 0 Å². The summed E-state index contributed by atoms with van der Waals surface area (Å²) < 4.78 is 6.62. The number of rotatable bonds is 4. The summed E-state index contributed by atoms with van der Waals surface area (Å²) in [6.45, 7) is 1.74. The zero-order chi connectivity index (χ0) is 15.1. The predicted molar refractivity (Wildman–Crippen MR) is 75.4 cm³/mol. The van der Waals surface area contributed by atoms with Gasteiger partial charge in [0.2, 0.25) is 0 Å². The van der Waals surface area contributed by atoms with Crippen LogP contribution in [0.15, 0.2) is 18.2 Å². The minimum atomic E-state index is -0.997. The van der Waals surface area contributed by atoms with E-state index >= 15 is 0 Å². The summed E-state index contributed by atoms with van der Waals surface area (Å²) >= 11 is 0. The maximum atomic E-state index is 11.9. The number of nitrogens with zero attached hydrogens (tertiary/aromatic N) is 2. The number of aromatic carboxylic acids is 1. The third-order valence-corrected chi connectivity index (χ3v) is 3.84. The van der Waals surface area contributed by atoms with Crippen molar-refractivity contribution in [1.29, 1.82) is 0 Å². The molecule has 0 aliphatic heterocycles. The van der Waals surface area contributed by atoms with Crippen molar-refractivity contribution in [3.05, 3.63) is 29.6 Å². The van der Waals surface area contributed by atoms with Crippen LogP contribution < -0.4 is 0 Å². The highest BCUT2D eigenvalue weighted by Gasteiger charge is 2.33. The van der Waals surface area contributed by atoms with Crippen molar-refractivity contribution in [2.75, 3.05) is 7.11 Å². The second kappa shape index (κ2) is 4.87. The topological polar surface area (TPSA) is 81.4 Å². The minimum Gasteiger partial charge on any atom is -0.478 e. The Morgan fingerprint density at radius 3 is 2.71 bits per heavy atom. The number of aromatic nitrogens is 2. The van der Waals surface area contributed by atoms with Gasteiger partial charge in [-0.25, -0.2) is 14.6 Å². The summed E-state index contributed by atoms with van der Waals surface area (Å²) in [7, 11) is 1.34. The maximum absolute atomic E-state index is 11.9. The summed E-state index contributed by atoms with van der Waals surface area (Å²) in [6.07, 6.45) is 2.09. The van der Waals surface area contributed by atoms with Crippen molar-refractivity contribution in [1.82, 2.24) is 9.55 Å². The number of carboxylic acids is 1. The molecule has 1 N–H and O–H groups in total. The van der Waals surface area contributed by atoms with Crippen LogP contribution in [-0.2, 0) is 9.53 Å². The second-order valence-electron chi connectivity index (χ2n) is 5.32. The first kappa shape index (κ1) is 13.6. The van der Waals surface area contributed by atoms with Gasteiger partial charge in [-0.3, -0.25) is 0 Å². The fourth-order valence-corrected chi connectivity index (χ4v) is 2.56. The molecular weight excluding hydrogens is 272 g/mol. The van der Waals surface area contributed by atoms with E-state index in [1.54, 1.807) is 19.1 Å². The molecule has 1 saturated carbocycles. The molecule has 1 aliphatic carbocycles.